The summed E-state index contributed by atoms with van der Waals surface area (Å²) in [7, 11) is 0. The van der Waals surface area contributed by atoms with Crippen LogP contribution in [0.15, 0.2) is 168 Å². The van der Waals surface area contributed by atoms with E-state index in [-0.39, 0.29) is 0 Å². The zero-order chi connectivity index (χ0) is 36.1. The van der Waals surface area contributed by atoms with Gasteiger partial charge < -0.3 is 0 Å². The molecule has 0 atom stereocenters. The summed E-state index contributed by atoms with van der Waals surface area (Å²) in [4.78, 5) is 13.3. The Bertz CT molecular complexity index is 2840. The van der Waals surface area contributed by atoms with Gasteiger partial charge in [-0.15, -0.1) is 68.0 Å². The molecule has 0 unspecified atom stereocenters. The van der Waals surface area contributed by atoms with Crippen molar-refractivity contribution in [1.29, 1.82) is 0 Å². The first-order valence-electron chi connectivity index (χ1n) is 18.2. The van der Waals surface area contributed by atoms with Crippen molar-refractivity contribution in [3.8, 4) is 82.2 Å². The van der Waals surface area contributed by atoms with E-state index in [2.05, 4.69) is 168 Å². The molecule has 0 radical (unpaired) electrons. The third kappa shape index (κ3) is 4.89. The number of hydrogen-bond acceptors (Lipinski definition) is 6. The van der Waals surface area contributed by atoms with Crippen molar-refractivity contribution >= 4 is 68.0 Å². The molecule has 6 heteroatoms. The highest BCUT2D eigenvalue weighted by atomic mass is 32.1. The highest BCUT2D eigenvalue weighted by molar-refractivity contribution is 7.27. The summed E-state index contributed by atoms with van der Waals surface area (Å²) in [5, 5.41) is 4.32. The minimum Gasteiger partial charge on any atom is -0.143 e. The zero-order valence-electron chi connectivity index (χ0n) is 29.1. The molecule has 0 amide bonds. The van der Waals surface area contributed by atoms with Crippen molar-refractivity contribution in [1.82, 2.24) is 0 Å². The van der Waals surface area contributed by atoms with E-state index < -0.39 is 5.41 Å². The maximum absolute atomic E-state index is 2.51. The van der Waals surface area contributed by atoms with E-state index in [1.807, 2.05) is 68.0 Å². The molecule has 12 rings (SSSR count). The normalized spacial score (nSPS) is 13.2. The van der Waals surface area contributed by atoms with Gasteiger partial charge in [-0.05, 0) is 139 Å². The minimum atomic E-state index is -0.406. The monoisotopic (exact) mass is 808 g/mol. The summed E-state index contributed by atoms with van der Waals surface area (Å²) in [6, 6.07) is 59.8. The Kier molecular flexibility index (Phi) is 7.38. The van der Waals surface area contributed by atoms with Crippen LogP contribution in [0.2, 0.25) is 0 Å². The van der Waals surface area contributed by atoms with Crippen molar-refractivity contribution in [3.63, 3.8) is 0 Å². The number of rotatable bonds is 6. The third-order valence-corrected chi connectivity index (χ3v) is 18.1. The molecule has 2 aliphatic carbocycles. The summed E-state index contributed by atoms with van der Waals surface area (Å²) in [5.74, 6) is 0. The van der Waals surface area contributed by atoms with Gasteiger partial charge in [0.25, 0.3) is 0 Å². The molecule has 0 fully saturated rings. The first kappa shape index (κ1) is 32.3. The second-order valence-electron chi connectivity index (χ2n) is 14.0. The van der Waals surface area contributed by atoms with Crippen LogP contribution in [0.1, 0.15) is 22.3 Å². The average Bonchev–Trinajstić information content (AvgIpc) is 4.08. The lowest BCUT2D eigenvalue weighted by atomic mass is 9.70. The lowest BCUT2D eigenvalue weighted by Crippen LogP contribution is -2.26. The van der Waals surface area contributed by atoms with Crippen LogP contribution in [0.25, 0.3) is 82.2 Å². The molecule has 260 valence electrons. The van der Waals surface area contributed by atoms with Crippen molar-refractivity contribution < 1.29 is 0 Å². The van der Waals surface area contributed by atoms with Crippen LogP contribution in [0.4, 0.5) is 0 Å². The van der Waals surface area contributed by atoms with Gasteiger partial charge in [0.15, 0.2) is 0 Å². The number of fused-ring (bicyclic) bond motifs is 10. The summed E-state index contributed by atoms with van der Waals surface area (Å²) >= 11 is 11.2. The lowest BCUT2D eigenvalue weighted by Gasteiger charge is -2.31. The van der Waals surface area contributed by atoms with Crippen molar-refractivity contribution in [2.75, 3.05) is 0 Å². The molecular formula is C49H28S6. The SMILES string of the molecule is c1csc(-c2ccc(-c3ccc(-c4ccc5c(c4)C4(c6ccccc6-5)c5ccccc5-c5ccc(-c6ccc(-c7ccc(-c8cccs8)s7)s6)cc54)s3)s2)c1. The summed E-state index contributed by atoms with van der Waals surface area (Å²) < 4.78 is 0. The fraction of sp³-hybridized carbons (Fsp3) is 0.0204. The molecule has 2 aliphatic rings. The van der Waals surface area contributed by atoms with E-state index in [1.165, 1.54) is 104 Å². The third-order valence-electron chi connectivity index (χ3n) is 11.1. The summed E-state index contributed by atoms with van der Waals surface area (Å²) in [5.41, 5.74) is 13.0. The molecule has 0 nitrogen and oxygen atoms in total. The van der Waals surface area contributed by atoms with Crippen LogP contribution in [0, 0.1) is 0 Å². The van der Waals surface area contributed by atoms with Crippen LogP contribution < -0.4 is 0 Å². The fourth-order valence-corrected chi connectivity index (χ4v) is 14.6. The van der Waals surface area contributed by atoms with E-state index in [0.29, 0.717) is 0 Å². The summed E-state index contributed by atoms with van der Waals surface area (Å²) in [6.07, 6.45) is 0. The first-order valence-corrected chi connectivity index (χ1v) is 23.2. The maximum atomic E-state index is 2.51. The van der Waals surface area contributed by atoms with Gasteiger partial charge in [0, 0.05) is 48.8 Å². The molecule has 0 saturated carbocycles. The molecule has 0 aliphatic heterocycles. The quantitative estimate of drug-likeness (QED) is 0.157. The van der Waals surface area contributed by atoms with Gasteiger partial charge in [-0.1, -0.05) is 84.9 Å². The molecule has 10 aromatic rings. The van der Waals surface area contributed by atoms with Gasteiger partial charge >= 0.3 is 0 Å². The predicted octanol–water partition coefficient (Wildman–Crippen LogP) is 16.4. The van der Waals surface area contributed by atoms with E-state index >= 15 is 0 Å². The van der Waals surface area contributed by atoms with E-state index in [9.17, 15) is 0 Å². The van der Waals surface area contributed by atoms with Crippen molar-refractivity contribution in [2.24, 2.45) is 0 Å². The largest absolute Gasteiger partial charge is 0.143 e. The molecule has 0 bridgehead atoms. The second-order valence-corrected chi connectivity index (χ2v) is 20.2. The molecule has 55 heavy (non-hydrogen) atoms. The molecule has 1 spiro atoms. The molecule has 0 saturated heterocycles. The lowest BCUT2D eigenvalue weighted by molar-refractivity contribution is 0.794. The van der Waals surface area contributed by atoms with Gasteiger partial charge in [0.1, 0.15) is 0 Å². The van der Waals surface area contributed by atoms with E-state index in [4.69, 9.17) is 0 Å². The Morgan fingerprint density at radius 1 is 0.273 bits per heavy atom. The Morgan fingerprint density at radius 2 is 0.636 bits per heavy atom. The minimum absolute atomic E-state index is 0.406. The number of benzene rings is 4. The van der Waals surface area contributed by atoms with Crippen molar-refractivity contribution in [3.05, 3.63) is 191 Å². The Balaban J connectivity index is 0.990. The predicted molar refractivity (Wildman–Crippen MR) is 243 cm³/mol. The Hall–Kier alpha value is -4.92. The van der Waals surface area contributed by atoms with Crippen LogP contribution in [0.5, 0.6) is 0 Å². The topological polar surface area (TPSA) is 0 Å². The van der Waals surface area contributed by atoms with Crippen LogP contribution in [-0.4, -0.2) is 0 Å². The van der Waals surface area contributed by atoms with Crippen molar-refractivity contribution in [2.45, 2.75) is 5.41 Å². The molecular weight excluding hydrogens is 781 g/mol. The van der Waals surface area contributed by atoms with Gasteiger partial charge in [-0.2, -0.15) is 0 Å². The smallest absolute Gasteiger partial charge is 0.0725 e. The molecule has 6 aromatic heterocycles. The number of thiophene rings is 6. The van der Waals surface area contributed by atoms with E-state index in [0.717, 1.165) is 0 Å². The molecule has 0 N–H and O–H groups in total. The highest BCUT2D eigenvalue weighted by Crippen LogP contribution is 2.63. The fourth-order valence-electron chi connectivity index (χ4n) is 8.74. The zero-order valence-corrected chi connectivity index (χ0v) is 34.0. The van der Waals surface area contributed by atoms with E-state index in [1.54, 1.807) is 0 Å². The van der Waals surface area contributed by atoms with Gasteiger partial charge in [-0.3, -0.25) is 0 Å². The average molecular weight is 809 g/mol. The molecule has 4 aromatic carbocycles. The highest BCUT2D eigenvalue weighted by Gasteiger charge is 2.51. The van der Waals surface area contributed by atoms with Gasteiger partial charge in [0.2, 0.25) is 0 Å². The Labute approximate surface area is 343 Å². The number of hydrogen-bond donors (Lipinski definition) is 0. The Morgan fingerprint density at radius 3 is 1.05 bits per heavy atom. The van der Waals surface area contributed by atoms with Crippen LogP contribution in [-0.2, 0) is 5.41 Å². The van der Waals surface area contributed by atoms with Crippen LogP contribution >= 0.6 is 68.0 Å². The summed E-state index contributed by atoms with van der Waals surface area (Å²) in [6.45, 7) is 0. The molecule has 6 heterocycles. The van der Waals surface area contributed by atoms with Gasteiger partial charge in [-0.25, -0.2) is 0 Å². The first-order chi connectivity index (χ1) is 27.2. The standard InChI is InChI=1S/C49H28S6/c1-3-9-35-31(7-1)33-15-13-29(39-17-19-45(52-39)47-23-21-43(54-47)41-11-5-25-50-41)27-37(33)49(35)36-10-4-2-8-32(36)34-16-14-30(28-38(34)49)40-18-20-46(53-40)48-24-22-44(55-48)42-12-6-26-51-42/h1-28H. The van der Waals surface area contributed by atoms with Gasteiger partial charge in [0.05, 0.1) is 5.41 Å². The maximum Gasteiger partial charge on any atom is 0.0725 e. The van der Waals surface area contributed by atoms with Crippen LogP contribution in [0.3, 0.4) is 0 Å². The second kappa shape index (κ2) is 12.6.